The molecule has 2 heterocycles. The monoisotopic (exact) mass is 391 g/mol. The van der Waals surface area contributed by atoms with E-state index in [-0.39, 0.29) is 10.6 Å². The minimum absolute atomic E-state index is 0.0133. The van der Waals surface area contributed by atoms with Gasteiger partial charge in [-0.25, -0.2) is 27.9 Å². The Labute approximate surface area is 155 Å². The lowest BCUT2D eigenvalue weighted by Crippen LogP contribution is -2.14. The van der Waals surface area contributed by atoms with Crippen LogP contribution in [0, 0.1) is 13.8 Å². The van der Waals surface area contributed by atoms with Gasteiger partial charge in [-0.2, -0.15) is 5.10 Å². The third-order valence-corrected chi connectivity index (χ3v) is 4.95. The summed E-state index contributed by atoms with van der Waals surface area (Å²) in [6.07, 6.45) is 1.97. The van der Waals surface area contributed by atoms with Crippen molar-refractivity contribution in [2.24, 2.45) is 5.14 Å². The first-order valence-electron chi connectivity index (χ1n) is 7.70. The van der Waals surface area contributed by atoms with Crippen LogP contribution in [0.25, 0.3) is 5.52 Å². The summed E-state index contributed by atoms with van der Waals surface area (Å²) in [5, 5.41) is 12.4. The number of ether oxygens (including phenoxy) is 2. The number of hydrogen-bond acceptors (Lipinski definition) is 8. The number of fused-ring (bicyclic) bond motifs is 1. The van der Waals surface area contributed by atoms with Crippen LogP contribution in [0.4, 0.5) is 16.3 Å². The van der Waals surface area contributed by atoms with Crippen molar-refractivity contribution in [2.75, 3.05) is 12.4 Å². The van der Waals surface area contributed by atoms with Gasteiger partial charge in [0.05, 0.1) is 18.2 Å². The third-order valence-electron chi connectivity index (χ3n) is 3.90. The molecule has 0 radical (unpaired) electrons. The van der Waals surface area contributed by atoms with Gasteiger partial charge in [0.2, 0.25) is 10.0 Å². The molecule has 0 aliphatic heterocycles. The van der Waals surface area contributed by atoms with Crippen molar-refractivity contribution in [1.29, 1.82) is 0 Å². The van der Waals surface area contributed by atoms with Gasteiger partial charge in [0.1, 0.15) is 11.8 Å². The number of benzene rings is 1. The van der Waals surface area contributed by atoms with Gasteiger partial charge in [0.25, 0.3) is 0 Å². The van der Waals surface area contributed by atoms with E-state index < -0.39 is 16.2 Å². The second-order valence-corrected chi connectivity index (χ2v) is 7.26. The first-order chi connectivity index (χ1) is 12.7. The average molecular weight is 391 g/mol. The summed E-state index contributed by atoms with van der Waals surface area (Å²) in [7, 11) is -2.65. The summed E-state index contributed by atoms with van der Waals surface area (Å²) in [4.78, 5) is 15.6. The normalized spacial score (nSPS) is 11.4. The SMILES string of the molecule is COC(=O)Oc1cn2ncnc(Nc3ccc(C)c(S(N)(=O)=O)c3)c2c1C. The molecule has 0 unspecified atom stereocenters. The minimum Gasteiger partial charge on any atom is -0.437 e. The minimum atomic E-state index is -3.86. The van der Waals surface area contributed by atoms with Gasteiger partial charge in [0, 0.05) is 11.3 Å². The smallest absolute Gasteiger partial charge is 0.437 e. The van der Waals surface area contributed by atoms with Crippen molar-refractivity contribution in [3.63, 3.8) is 0 Å². The van der Waals surface area contributed by atoms with Crippen LogP contribution >= 0.6 is 0 Å². The Morgan fingerprint density at radius 2 is 2.04 bits per heavy atom. The molecule has 3 rings (SSSR count). The van der Waals surface area contributed by atoms with Gasteiger partial charge < -0.3 is 14.8 Å². The van der Waals surface area contributed by atoms with Crippen molar-refractivity contribution in [2.45, 2.75) is 18.7 Å². The largest absolute Gasteiger partial charge is 0.513 e. The number of aryl methyl sites for hydroxylation is 2. The quantitative estimate of drug-likeness (QED) is 0.643. The highest BCUT2D eigenvalue weighted by molar-refractivity contribution is 7.89. The molecule has 0 aliphatic carbocycles. The highest BCUT2D eigenvalue weighted by Gasteiger charge is 2.18. The summed E-state index contributed by atoms with van der Waals surface area (Å²) in [6.45, 7) is 3.38. The number of anilines is 2. The number of methoxy groups -OCH3 is 1. The zero-order chi connectivity index (χ0) is 19.8. The summed E-state index contributed by atoms with van der Waals surface area (Å²) >= 11 is 0. The van der Waals surface area contributed by atoms with Crippen LogP contribution < -0.4 is 15.2 Å². The van der Waals surface area contributed by atoms with E-state index in [9.17, 15) is 13.2 Å². The fraction of sp³-hybridized carbons (Fsp3) is 0.188. The van der Waals surface area contributed by atoms with Crippen LogP contribution in [0.3, 0.4) is 0 Å². The van der Waals surface area contributed by atoms with Crippen LogP contribution in [0.1, 0.15) is 11.1 Å². The van der Waals surface area contributed by atoms with Crippen LogP contribution in [0.15, 0.2) is 35.6 Å². The molecule has 0 saturated heterocycles. The maximum atomic E-state index is 11.7. The molecule has 0 amide bonds. The van der Waals surface area contributed by atoms with Crippen molar-refractivity contribution in [3.05, 3.63) is 41.9 Å². The van der Waals surface area contributed by atoms with E-state index in [1.165, 1.54) is 30.2 Å². The molecule has 27 heavy (non-hydrogen) atoms. The Hall–Kier alpha value is -3.18. The third kappa shape index (κ3) is 3.68. The number of primary sulfonamides is 1. The number of nitrogens with zero attached hydrogens (tertiary/aromatic N) is 3. The Bertz CT molecular complexity index is 1140. The first kappa shape index (κ1) is 18.6. The number of aromatic nitrogens is 3. The average Bonchev–Trinajstić information content (AvgIpc) is 2.92. The molecule has 0 fully saturated rings. The molecule has 2 aromatic heterocycles. The number of nitrogens with two attached hydrogens (primary N) is 1. The molecular weight excluding hydrogens is 374 g/mol. The highest BCUT2D eigenvalue weighted by Crippen LogP contribution is 2.30. The Morgan fingerprint density at radius 1 is 1.30 bits per heavy atom. The Balaban J connectivity index is 2.04. The van der Waals surface area contributed by atoms with E-state index in [0.717, 1.165) is 0 Å². The highest BCUT2D eigenvalue weighted by atomic mass is 32.2. The van der Waals surface area contributed by atoms with Gasteiger partial charge in [-0.1, -0.05) is 6.07 Å². The van der Waals surface area contributed by atoms with E-state index in [0.29, 0.717) is 28.1 Å². The lowest BCUT2D eigenvalue weighted by molar-refractivity contribution is 0.121. The molecule has 0 aliphatic rings. The number of sulfonamides is 1. The number of rotatable bonds is 4. The van der Waals surface area contributed by atoms with Crippen molar-refractivity contribution in [1.82, 2.24) is 14.6 Å². The number of nitrogens with one attached hydrogen (secondary N) is 1. The van der Waals surface area contributed by atoms with Gasteiger partial charge in [0.15, 0.2) is 11.6 Å². The topological polar surface area (TPSA) is 138 Å². The Kier molecular flexibility index (Phi) is 4.72. The molecule has 11 heteroatoms. The fourth-order valence-corrected chi connectivity index (χ4v) is 3.39. The number of carbonyl (C=O) groups is 1. The summed E-state index contributed by atoms with van der Waals surface area (Å²) in [6, 6.07) is 4.76. The van der Waals surface area contributed by atoms with Gasteiger partial charge in [-0.05, 0) is 31.5 Å². The van der Waals surface area contributed by atoms with Crippen LogP contribution in [-0.4, -0.2) is 36.3 Å². The van der Waals surface area contributed by atoms with Crippen molar-refractivity contribution < 1.29 is 22.7 Å². The molecule has 0 saturated carbocycles. The number of carbonyl (C=O) groups excluding carboxylic acids is 1. The van der Waals surface area contributed by atoms with E-state index in [2.05, 4.69) is 20.1 Å². The molecule has 10 nitrogen and oxygen atoms in total. The first-order valence-corrected chi connectivity index (χ1v) is 9.24. The maximum absolute atomic E-state index is 11.7. The second-order valence-electron chi connectivity index (χ2n) is 5.73. The van der Waals surface area contributed by atoms with E-state index in [1.807, 2.05) is 0 Å². The zero-order valence-electron chi connectivity index (χ0n) is 14.8. The molecule has 3 aromatic rings. The summed E-state index contributed by atoms with van der Waals surface area (Å²) < 4.78 is 34.5. The molecule has 0 atom stereocenters. The second kappa shape index (κ2) is 6.85. The molecule has 142 valence electrons. The summed E-state index contributed by atoms with van der Waals surface area (Å²) in [5.74, 6) is 0.658. The molecule has 3 N–H and O–H groups in total. The maximum Gasteiger partial charge on any atom is 0.513 e. The predicted octanol–water partition coefficient (Wildman–Crippen LogP) is 1.88. The molecule has 0 spiro atoms. The van der Waals surface area contributed by atoms with Gasteiger partial charge in [-0.3, -0.25) is 0 Å². The van der Waals surface area contributed by atoms with Gasteiger partial charge in [-0.15, -0.1) is 0 Å². The van der Waals surface area contributed by atoms with Crippen molar-refractivity contribution in [3.8, 4) is 5.75 Å². The zero-order valence-corrected chi connectivity index (χ0v) is 15.6. The number of hydrogen-bond donors (Lipinski definition) is 2. The van der Waals surface area contributed by atoms with E-state index in [1.54, 1.807) is 26.0 Å². The standard InChI is InChI=1S/C16H17N5O5S/c1-9-4-5-11(6-13(9)27(17,23)24)20-15-14-10(2)12(26-16(22)25-3)7-21(14)19-8-18-15/h4-8H,1-3H3,(H2,17,23,24)(H,18,19,20). The summed E-state index contributed by atoms with van der Waals surface area (Å²) in [5.41, 5.74) is 2.15. The lowest BCUT2D eigenvalue weighted by Gasteiger charge is -2.10. The molecule has 1 aromatic carbocycles. The molecule has 0 bridgehead atoms. The van der Waals surface area contributed by atoms with Crippen LogP contribution in [0.2, 0.25) is 0 Å². The molecular formula is C16H17N5O5S. The predicted molar refractivity (Wildman–Crippen MR) is 96.6 cm³/mol. The van der Waals surface area contributed by atoms with Crippen LogP contribution in [-0.2, 0) is 14.8 Å². The van der Waals surface area contributed by atoms with E-state index in [4.69, 9.17) is 9.88 Å². The Morgan fingerprint density at radius 3 is 2.70 bits per heavy atom. The van der Waals surface area contributed by atoms with E-state index >= 15 is 0 Å². The lowest BCUT2D eigenvalue weighted by atomic mass is 10.2. The fourth-order valence-electron chi connectivity index (χ4n) is 2.59. The van der Waals surface area contributed by atoms with Crippen molar-refractivity contribution >= 4 is 33.2 Å². The van der Waals surface area contributed by atoms with Crippen LogP contribution in [0.5, 0.6) is 5.75 Å². The van der Waals surface area contributed by atoms with Gasteiger partial charge >= 0.3 is 6.16 Å².